The highest BCUT2D eigenvalue weighted by Gasteiger charge is 2.20. The molecule has 4 nitrogen and oxygen atoms in total. The third-order valence-corrected chi connectivity index (χ3v) is 2.71. The lowest BCUT2D eigenvalue weighted by atomic mass is 10.3. The van der Waals surface area contributed by atoms with Gasteiger partial charge < -0.3 is 14.6 Å². The number of hydrogen-bond donors (Lipinski definition) is 1. The van der Waals surface area contributed by atoms with E-state index in [4.69, 9.17) is 14.6 Å². The number of aliphatic carboxylic acids is 1. The summed E-state index contributed by atoms with van der Waals surface area (Å²) in [6, 6.07) is 7.31. The lowest BCUT2D eigenvalue weighted by Gasteiger charge is -2.16. The van der Waals surface area contributed by atoms with Crippen molar-refractivity contribution in [3.05, 3.63) is 24.3 Å². The average molecular weight is 242 g/mol. The standard InChI is InChI=1S/C11H14O4S/c1-14-7-9(11(12)13)15-8-5-3-4-6-10(8)16-2/h3-6,9H,7H2,1-2H3,(H,12,13). The summed E-state index contributed by atoms with van der Waals surface area (Å²) in [6.45, 7) is 0.0258. The summed E-state index contributed by atoms with van der Waals surface area (Å²) in [5, 5.41) is 8.92. The molecule has 1 aromatic rings. The van der Waals surface area contributed by atoms with E-state index in [-0.39, 0.29) is 6.61 Å². The number of carboxylic acids is 1. The van der Waals surface area contributed by atoms with Crippen LogP contribution in [0.5, 0.6) is 5.75 Å². The quantitative estimate of drug-likeness (QED) is 0.772. The summed E-state index contributed by atoms with van der Waals surface area (Å²) >= 11 is 1.51. The topological polar surface area (TPSA) is 55.8 Å². The number of rotatable bonds is 6. The van der Waals surface area contributed by atoms with Crippen LogP contribution in [0.2, 0.25) is 0 Å². The summed E-state index contributed by atoms with van der Waals surface area (Å²) in [5.41, 5.74) is 0. The van der Waals surface area contributed by atoms with Gasteiger partial charge in [-0.05, 0) is 18.4 Å². The number of hydrogen-bond acceptors (Lipinski definition) is 4. The first-order valence-corrected chi connectivity index (χ1v) is 5.93. The van der Waals surface area contributed by atoms with E-state index in [1.54, 1.807) is 12.1 Å². The molecule has 5 heteroatoms. The first-order chi connectivity index (χ1) is 7.69. The molecule has 1 aromatic carbocycles. The van der Waals surface area contributed by atoms with Crippen LogP contribution in [0.25, 0.3) is 0 Å². The maximum absolute atomic E-state index is 10.9. The van der Waals surface area contributed by atoms with Gasteiger partial charge in [0.05, 0.1) is 6.61 Å². The summed E-state index contributed by atoms with van der Waals surface area (Å²) in [7, 11) is 1.44. The molecule has 1 atom stereocenters. The predicted octanol–water partition coefficient (Wildman–Crippen LogP) is 1.89. The Hall–Kier alpha value is -1.20. The van der Waals surface area contributed by atoms with Crippen LogP contribution in [-0.2, 0) is 9.53 Å². The van der Waals surface area contributed by atoms with Crippen LogP contribution in [-0.4, -0.2) is 37.2 Å². The maximum Gasteiger partial charge on any atom is 0.347 e. The van der Waals surface area contributed by atoms with Crippen molar-refractivity contribution in [1.29, 1.82) is 0 Å². The van der Waals surface area contributed by atoms with Crippen LogP contribution in [0.3, 0.4) is 0 Å². The van der Waals surface area contributed by atoms with Gasteiger partial charge in [0.25, 0.3) is 0 Å². The Bertz CT molecular complexity index is 354. The number of thioether (sulfide) groups is 1. The Morgan fingerprint density at radius 2 is 2.19 bits per heavy atom. The summed E-state index contributed by atoms with van der Waals surface area (Å²) in [5.74, 6) is -0.461. The highest BCUT2D eigenvalue weighted by Crippen LogP contribution is 2.27. The fourth-order valence-corrected chi connectivity index (χ4v) is 1.71. The Morgan fingerprint density at radius 1 is 1.50 bits per heavy atom. The fraction of sp³-hybridized carbons (Fsp3) is 0.364. The monoisotopic (exact) mass is 242 g/mol. The lowest BCUT2D eigenvalue weighted by molar-refractivity contribution is -0.147. The number of para-hydroxylation sites is 1. The molecule has 0 radical (unpaired) electrons. The summed E-state index contributed by atoms with van der Waals surface area (Å²) in [6.07, 6.45) is 0.937. The molecule has 1 N–H and O–H groups in total. The number of benzene rings is 1. The molecule has 16 heavy (non-hydrogen) atoms. The van der Waals surface area contributed by atoms with Crippen molar-refractivity contribution in [2.45, 2.75) is 11.0 Å². The molecule has 0 aliphatic heterocycles. The molecule has 0 fully saturated rings. The fourth-order valence-electron chi connectivity index (χ4n) is 1.18. The minimum absolute atomic E-state index is 0.0258. The van der Waals surface area contributed by atoms with Gasteiger partial charge in [-0.1, -0.05) is 12.1 Å². The molecule has 1 rings (SSSR count). The van der Waals surface area contributed by atoms with Crippen molar-refractivity contribution >= 4 is 17.7 Å². The highest BCUT2D eigenvalue weighted by atomic mass is 32.2. The molecule has 0 heterocycles. The second-order valence-corrected chi connectivity index (χ2v) is 3.90. The van der Waals surface area contributed by atoms with Crippen molar-refractivity contribution in [3.8, 4) is 5.75 Å². The second-order valence-electron chi connectivity index (χ2n) is 3.05. The normalized spacial score (nSPS) is 12.1. The molecule has 0 amide bonds. The van der Waals surface area contributed by atoms with Crippen LogP contribution in [0, 0.1) is 0 Å². The van der Waals surface area contributed by atoms with E-state index in [1.165, 1.54) is 18.9 Å². The number of carbonyl (C=O) groups is 1. The zero-order chi connectivity index (χ0) is 12.0. The van der Waals surface area contributed by atoms with Crippen molar-refractivity contribution in [2.75, 3.05) is 20.0 Å². The largest absolute Gasteiger partial charge is 0.478 e. The van der Waals surface area contributed by atoms with Crippen LogP contribution in [0.15, 0.2) is 29.2 Å². The summed E-state index contributed by atoms with van der Waals surface area (Å²) < 4.78 is 10.2. The van der Waals surface area contributed by atoms with Gasteiger partial charge >= 0.3 is 5.97 Å². The van der Waals surface area contributed by atoms with E-state index in [2.05, 4.69) is 0 Å². The van der Waals surface area contributed by atoms with Gasteiger partial charge in [0.1, 0.15) is 5.75 Å². The zero-order valence-electron chi connectivity index (χ0n) is 9.17. The first-order valence-electron chi connectivity index (χ1n) is 4.70. The van der Waals surface area contributed by atoms with Crippen molar-refractivity contribution in [2.24, 2.45) is 0 Å². The molecule has 0 aromatic heterocycles. The molecule has 0 aliphatic rings. The maximum atomic E-state index is 10.9. The molecule has 0 bridgehead atoms. The smallest absolute Gasteiger partial charge is 0.347 e. The average Bonchev–Trinajstić information content (AvgIpc) is 2.29. The molecule has 0 spiro atoms. The second kappa shape index (κ2) is 6.40. The molecule has 0 aliphatic carbocycles. The van der Waals surface area contributed by atoms with Gasteiger partial charge in [0, 0.05) is 12.0 Å². The van der Waals surface area contributed by atoms with E-state index >= 15 is 0 Å². The molecule has 1 unspecified atom stereocenters. The van der Waals surface area contributed by atoms with Gasteiger partial charge in [-0.3, -0.25) is 0 Å². The van der Waals surface area contributed by atoms with Crippen LogP contribution < -0.4 is 4.74 Å². The summed E-state index contributed by atoms with van der Waals surface area (Å²) in [4.78, 5) is 11.8. The Labute approximate surface area is 98.6 Å². The minimum Gasteiger partial charge on any atom is -0.478 e. The SMILES string of the molecule is COCC(Oc1ccccc1SC)C(=O)O. The van der Waals surface area contributed by atoms with Crippen LogP contribution in [0.1, 0.15) is 0 Å². The predicted molar refractivity (Wildman–Crippen MR) is 62.2 cm³/mol. The van der Waals surface area contributed by atoms with E-state index < -0.39 is 12.1 Å². The Morgan fingerprint density at radius 3 is 2.75 bits per heavy atom. The minimum atomic E-state index is -1.03. The van der Waals surface area contributed by atoms with E-state index in [9.17, 15) is 4.79 Å². The van der Waals surface area contributed by atoms with E-state index in [0.29, 0.717) is 5.75 Å². The highest BCUT2D eigenvalue weighted by molar-refractivity contribution is 7.98. The van der Waals surface area contributed by atoms with Gasteiger partial charge in [0.15, 0.2) is 0 Å². The molecular weight excluding hydrogens is 228 g/mol. The lowest BCUT2D eigenvalue weighted by Crippen LogP contribution is -2.31. The number of methoxy groups -OCH3 is 1. The van der Waals surface area contributed by atoms with Gasteiger partial charge in [-0.2, -0.15) is 0 Å². The van der Waals surface area contributed by atoms with Crippen LogP contribution >= 0.6 is 11.8 Å². The van der Waals surface area contributed by atoms with Crippen molar-refractivity contribution in [1.82, 2.24) is 0 Å². The van der Waals surface area contributed by atoms with Gasteiger partial charge in [-0.15, -0.1) is 11.8 Å². The number of carboxylic acid groups (broad SMARTS) is 1. The van der Waals surface area contributed by atoms with E-state index in [0.717, 1.165) is 4.90 Å². The van der Waals surface area contributed by atoms with Gasteiger partial charge in [0.2, 0.25) is 6.10 Å². The molecule has 88 valence electrons. The van der Waals surface area contributed by atoms with Gasteiger partial charge in [-0.25, -0.2) is 4.79 Å². The third-order valence-electron chi connectivity index (χ3n) is 1.93. The molecule has 0 saturated carbocycles. The first kappa shape index (κ1) is 12.9. The molecular formula is C11H14O4S. The Kier molecular flexibility index (Phi) is 5.14. The Balaban J connectivity index is 2.80. The van der Waals surface area contributed by atoms with Crippen LogP contribution in [0.4, 0.5) is 0 Å². The number of ether oxygens (including phenoxy) is 2. The zero-order valence-corrected chi connectivity index (χ0v) is 9.99. The van der Waals surface area contributed by atoms with E-state index in [1.807, 2.05) is 18.4 Å². The third kappa shape index (κ3) is 3.43. The van der Waals surface area contributed by atoms with Crippen molar-refractivity contribution < 1.29 is 19.4 Å². The van der Waals surface area contributed by atoms with Crippen molar-refractivity contribution in [3.63, 3.8) is 0 Å². The molecule has 0 saturated heterocycles.